The van der Waals surface area contributed by atoms with Gasteiger partial charge >= 0.3 is 5.97 Å². The number of ether oxygens (including phenoxy) is 1. The summed E-state index contributed by atoms with van der Waals surface area (Å²) in [6.07, 6.45) is 3.10. The molecule has 5 heteroatoms. The van der Waals surface area contributed by atoms with E-state index in [0.717, 1.165) is 16.8 Å². The minimum atomic E-state index is -1.01. The first-order chi connectivity index (χ1) is 13.1. The molecule has 0 fully saturated rings. The zero-order valence-electron chi connectivity index (χ0n) is 15.4. The molecular formula is C22H21FN2O2. The number of hydrogen-bond donors (Lipinski definition) is 0. The summed E-state index contributed by atoms with van der Waals surface area (Å²) in [5.74, 6) is -0.685. The third-order valence-corrected chi connectivity index (χ3v) is 5.48. The summed E-state index contributed by atoms with van der Waals surface area (Å²) in [4.78, 5) is 12.9. The summed E-state index contributed by atoms with van der Waals surface area (Å²) in [5.41, 5.74) is 2.95. The van der Waals surface area contributed by atoms with Crippen LogP contribution < -0.4 is 0 Å². The summed E-state index contributed by atoms with van der Waals surface area (Å²) < 4.78 is 21.3. The maximum Gasteiger partial charge on any atom is 0.320 e. The number of rotatable bonds is 4. The van der Waals surface area contributed by atoms with Gasteiger partial charge in [0.25, 0.3) is 0 Å². The van der Waals surface area contributed by atoms with Gasteiger partial charge in [-0.25, -0.2) is 4.39 Å². The molecule has 0 saturated carbocycles. The molecule has 1 aromatic heterocycles. The number of methoxy groups -OCH3 is 1. The highest BCUT2D eigenvalue weighted by Crippen LogP contribution is 2.46. The molecule has 4 rings (SSSR count). The molecule has 0 amide bonds. The Morgan fingerprint density at radius 2 is 1.96 bits per heavy atom. The van der Waals surface area contributed by atoms with Gasteiger partial charge in [0.05, 0.1) is 19.3 Å². The van der Waals surface area contributed by atoms with Gasteiger partial charge in [0.15, 0.2) is 0 Å². The predicted molar refractivity (Wildman–Crippen MR) is 100 cm³/mol. The summed E-state index contributed by atoms with van der Waals surface area (Å²) >= 11 is 0. The lowest BCUT2D eigenvalue weighted by Gasteiger charge is -2.28. The molecule has 2 aromatic carbocycles. The van der Waals surface area contributed by atoms with Gasteiger partial charge in [-0.15, -0.1) is 0 Å². The Morgan fingerprint density at radius 3 is 2.70 bits per heavy atom. The molecule has 1 aliphatic carbocycles. The Hall–Kier alpha value is -2.95. The summed E-state index contributed by atoms with van der Waals surface area (Å²) in [5, 5.41) is 4.69. The molecular weight excluding hydrogens is 343 g/mol. The molecule has 0 aliphatic heterocycles. The lowest BCUT2D eigenvalue weighted by molar-refractivity contribution is -0.145. The Bertz CT molecular complexity index is 997. The average molecular weight is 364 g/mol. The van der Waals surface area contributed by atoms with Gasteiger partial charge in [0.2, 0.25) is 0 Å². The molecule has 0 saturated heterocycles. The SMILES string of the molecule is COC(=O)C1(c2cccc(F)c2C)CCc2nn(Cc3ccccc3)cc21. The monoisotopic (exact) mass is 364 g/mol. The molecule has 0 N–H and O–H groups in total. The number of aryl methyl sites for hydroxylation is 1. The Labute approximate surface area is 157 Å². The first-order valence-corrected chi connectivity index (χ1v) is 9.01. The Balaban J connectivity index is 1.82. The number of halogens is 1. The van der Waals surface area contributed by atoms with Crippen molar-refractivity contribution in [1.82, 2.24) is 9.78 Å². The van der Waals surface area contributed by atoms with E-state index in [4.69, 9.17) is 9.84 Å². The number of esters is 1. The number of hydrogen-bond acceptors (Lipinski definition) is 3. The van der Waals surface area contributed by atoms with Crippen molar-refractivity contribution in [3.8, 4) is 0 Å². The number of carbonyl (C=O) groups excluding carboxylic acids is 1. The van der Waals surface area contributed by atoms with Crippen LogP contribution in [0.15, 0.2) is 54.7 Å². The fourth-order valence-corrected chi connectivity index (χ4v) is 4.14. The Kier molecular flexibility index (Phi) is 4.30. The smallest absolute Gasteiger partial charge is 0.320 e. The predicted octanol–water partition coefficient (Wildman–Crippen LogP) is 3.78. The molecule has 1 heterocycles. The van der Waals surface area contributed by atoms with Crippen molar-refractivity contribution in [1.29, 1.82) is 0 Å². The van der Waals surface area contributed by atoms with Crippen LogP contribution in [0.3, 0.4) is 0 Å². The highest BCUT2D eigenvalue weighted by atomic mass is 19.1. The van der Waals surface area contributed by atoms with Crippen LogP contribution >= 0.6 is 0 Å². The van der Waals surface area contributed by atoms with Crippen molar-refractivity contribution in [3.63, 3.8) is 0 Å². The fourth-order valence-electron chi connectivity index (χ4n) is 4.14. The summed E-state index contributed by atoms with van der Waals surface area (Å²) in [7, 11) is 1.38. The van der Waals surface area contributed by atoms with Gasteiger partial charge in [0, 0.05) is 11.8 Å². The topological polar surface area (TPSA) is 44.1 Å². The maximum absolute atomic E-state index is 14.3. The fraction of sp³-hybridized carbons (Fsp3) is 0.273. The zero-order valence-corrected chi connectivity index (χ0v) is 15.4. The van der Waals surface area contributed by atoms with Gasteiger partial charge in [-0.3, -0.25) is 9.48 Å². The van der Waals surface area contributed by atoms with E-state index >= 15 is 0 Å². The van der Waals surface area contributed by atoms with E-state index in [1.54, 1.807) is 13.0 Å². The van der Waals surface area contributed by atoms with Crippen molar-refractivity contribution in [2.75, 3.05) is 7.11 Å². The van der Waals surface area contributed by atoms with E-state index < -0.39 is 5.41 Å². The van der Waals surface area contributed by atoms with Gasteiger partial charge < -0.3 is 4.74 Å². The van der Waals surface area contributed by atoms with Crippen LogP contribution in [0, 0.1) is 12.7 Å². The summed E-state index contributed by atoms with van der Waals surface area (Å²) in [6, 6.07) is 14.9. The molecule has 3 aromatic rings. The minimum Gasteiger partial charge on any atom is -0.468 e. The zero-order chi connectivity index (χ0) is 19.0. The molecule has 138 valence electrons. The molecule has 0 spiro atoms. The largest absolute Gasteiger partial charge is 0.468 e. The van der Waals surface area contributed by atoms with E-state index in [1.807, 2.05) is 47.3 Å². The molecule has 0 bridgehead atoms. The number of aromatic nitrogens is 2. The number of benzene rings is 2. The van der Waals surface area contributed by atoms with E-state index in [2.05, 4.69) is 0 Å². The van der Waals surface area contributed by atoms with E-state index in [-0.39, 0.29) is 11.8 Å². The highest BCUT2D eigenvalue weighted by Gasteiger charge is 2.50. The molecule has 0 radical (unpaired) electrons. The van der Waals surface area contributed by atoms with Crippen molar-refractivity contribution in [2.45, 2.75) is 31.7 Å². The standard InChI is InChI=1S/C22H21FN2O2/c1-15-17(9-6-10-19(15)23)22(21(26)27-2)12-11-20-18(22)14-25(24-20)13-16-7-4-3-5-8-16/h3-10,14H,11-13H2,1-2H3. The molecule has 27 heavy (non-hydrogen) atoms. The number of carbonyl (C=O) groups is 1. The van der Waals surface area contributed by atoms with Gasteiger partial charge in [-0.05, 0) is 42.5 Å². The van der Waals surface area contributed by atoms with Gasteiger partial charge in [0.1, 0.15) is 11.2 Å². The van der Waals surface area contributed by atoms with Crippen molar-refractivity contribution in [2.24, 2.45) is 0 Å². The first kappa shape index (κ1) is 17.5. The van der Waals surface area contributed by atoms with E-state index in [9.17, 15) is 9.18 Å². The molecule has 1 unspecified atom stereocenters. The van der Waals surface area contributed by atoms with Gasteiger partial charge in [-0.2, -0.15) is 5.10 Å². The third kappa shape index (κ3) is 2.74. The quantitative estimate of drug-likeness (QED) is 0.662. The minimum absolute atomic E-state index is 0.319. The van der Waals surface area contributed by atoms with Crippen molar-refractivity contribution < 1.29 is 13.9 Å². The van der Waals surface area contributed by atoms with Gasteiger partial charge in [-0.1, -0.05) is 42.5 Å². The molecule has 4 nitrogen and oxygen atoms in total. The first-order valence-electron chi connectivity index (χ1n) is 9.01. The number of nitrogens with zero attached hydrogens (tertiary/aromatic N) is 2. The number of fused-ring (bicyclic) bond motifs is 1. The van der Waals surface area contributed by atoms with Crippen LogP contribution in [0.5, 0.6) is 0 Å². The normalized spacial score (nSPS) is 18.3. The van der Waals surface area contributed by atoms with Crippen molar-refractivity contribution >= 4 is 5.97 Å². The van der Waals surface area contributed by atoms with Crippen LogP contribution in [0.1, 0.15) is 34.4 Å². The second-order valence-electron chi connectivity index (χ2n) is 6.98. The second-order valence-corrected chi connectivity index (χ2v) is 6.98. The lowest BCUT2D eigenvalue weighted by atomic mass is 9.74. The lowest BCUT2D eigenvalue weighted by Crippen LogP contribution is -2.37. The maximum atomic E-state index is 14.3. The summed E-state index contributed by atoms with van der Waals surface area (Å²) in [6.45, 7) is 2.33. The molecule has 1 atom stereocenters. The van der Waals surface area contributed by atoms with E-state index in [0.29, 0.717) is 30.5 Å². The van der Waals surface area contributed by atoms with Crippen LogP contribution in [-0.4, -0.2) is 22.9 Å². The van der Waals surface area contributed by atoms with Crippen LogP contribution in [0.4, 0.5) is 4.39 Å². The third-order valence-electron chi connectivity index (χ3n) is 5.48. The van der Waals surface area contributed by atoms with Crippen LogP contribution in [0.2, 0.25) is 0 Å². The van der Waals surface area contributed by atoms with Crippen LogP contribution in [-0.2, 0) is 27.9 Å². The van der Waals surface area contributed by atoms with E-state index in [1.165, 1.54) is 13.2 Å². The second kappa shape index (κ2) is 6.65. The van der Waals surface area contributed by atoms with Crippen molar-refractivity contribution in [3.05, 3.63) is 88.5 Å². The average Bonchev–Trinajstić information content (AvgIpc) is 3.23. The highest BCUT2D eigenvalue weighted by molar-refractivity contribution is 5.89. The molecule has 1 aliphatic rings. The Morgan fingerprint density at radius 1 is 1.19 bits per heavy atom. The van der Waals surface area contributed by atoms with Crippen LogP contribution in [0.25, 0.3) is 0 Å².